The fraction of sp³-hybridized carbons (Fsp3) is 0.550. The Morgan fingerprint density at radius 1 is 1.17 bits per heavy atom. The van der Waals surface area contributed by atoms with Gasteiger partial charge in [0, 0.05) is 6.54 Å². The monoisotopic (exact) mass is 404 g/mol. The van der Waals surface area contributed by atoms with Gasteiger partial charge < -0.3 is 19.5 Å². The second-order valence-electron chi connectivity index (χ2n) is 8.18. The molecule has 3 aliphatic rings. The number of rotatable bonds is 5. The highest BCUT2D eigenvalue weighted by molar-refractivity contribution is 6.20. The van der Waals surface area contributed by atoms with Crippen LogP contribution >= 0.6 is 0 Å². The minimum atomic E-state index is -1.09. The van der Waals surface area contributed by atoms with Crippen molar-refractivity contribution in [2.24, 2.45) is 5.92 Å². The van der Waals surface area contributed by atoms with E-state index in [1.807, 2.05) is 13.8 Å². The van der Waals surface area contributed by atoms with E-state index in [1.165, 1.54) is 0 Å². The maximum Gasteiger partial charge on any atom is 0.285 e. The van der Waals surface area contributed by atoms with E-state index >= 15 is 0 Å². The molecule has 3 amide bonds. The lowest BCUT2D eigenvalue weighted by Crippen LogP contribution is -2.49. The first-order chi connectivity index (χ1) is 13.7. The van der Waals surface area contributed by atoms with E-state index in [4.69, 9.17) is 19.0 Å². The second kappa shape index (κ2) is 7.17. The summed E-state index contributed by atoms with van der Waals surface area (Å²) in [6.07, 6.45) is -3.75. The molecule has 0 bridgehead atoms. The Balaban J connectivity index is 1.57. The zero-order valence-electron chi connectivity index (χ0n) is 16.7. The molecule has 156 valence electrons. The number of imide groups is 1. The highest BCUT2D eigenvalue weighted by atomic mass is 16.9. The number of ether oxygens (including phenoxy) is 3. The Labute approximate surface area is 168 Å². The summed E-state index contributed by atoms with van der Waals surface area (Å²) in [5.41, 5.74) is 0.496. The average molecular weight is 404 g/mol. The lowest BCUT2D eigenvalue weighted by atomic mass is 10.1. The standard InChI is InChI=1S/C20H24N2O7/c1-10(2)9-21-16(23)14-13(15-19(26-14)28-20(3,4)27-15)29-22-17(24)11-7-5-6-8-12(11)18(22)25/h5-8,10,13-15,19H,9H2,1-4H3,(H,21,23)/t13-,14+,15-,19-/m1/s1. The van der Waals surface area contributed by atoms with Crippen molar-refractivity contribution < 1.29 is 33.4 Å². The number of hydroxylamine groups is 2. The summed E-state index contributed by atoms with van der Waals surface area (Å²) in [4.78, 5) is 43.8. The predicted molar refractivity (Wildman–Crippen MR) is 98.4 cm³/mol. The summed E-state index contributed by atoms with van der Waals surface area (Å²) in [5.74, 6) is -2.30. The molecule has 1 aromatic carbocycles. The molecule has 0 unspecified atom stereocenters. The molecule has 0 aromatic heterocycles. The normalized spacial score (nSPS) is 30.0. The van der Waals surface area contributed by atoms with E-state index in [-0.39, 0.29) is 17.0 Å². The summed E-state index contributed by atoms with van der Waals surface area (Å²) < 4.78 is 17.3. The molecule has 9 nitrogen and oxygen atoms in total. The van der Waals surface area contributed by atoms with Gasteiger partial charge in [0.2, 0.25) is 0 Å². The molecule has 2 fully saturated rings. The summed E-state index contributed by atoms with van der Waals surface area (Å²) in [7, 11) is 0. The fourth-order valence-electron chi connectivity index (χ4n) is 3.60. The van der Waals surface area contributed by atoms with E-state index in [2.05, 4.69) is 5.32 Å². The molecule has 0 radical (unpaired) electrons. The van der Waals surface area contributed by atoms with E-state index in [1.54, 1.807) is 38.1 Å². The minimum absolute atomic E-state index is 0.238. The van der Waals surface area contributed by atoms with Crippen LogP contribution in [-0.4, -0.2) is 59.7 Å². The van der Waals surface area contributed by atoms with E-state index < -0.39 is 48.1 Å². The van der Waals surface area contributed by atoms with Gasteiger partial charge in [-0.2, -0.15) is 0 Å². The quantitative estimate of drug-likeness (QED) is 0.736. The van der Waals surface area contributed by atoms with Crippen LogP contribution < -0.4 is 5.32 Å². The molecule has 0 aliphatic carbocycles. The first-order valence-electron chi connectivity index (χ1n) is 9.61. The minimum Gasteiger partial charge on any atom is -0.353 e. The van der Waals surface area contributed by atoms with Crippen LogP contribution in [0.4, 0.5) is 0 Å². The second-order valence-corrected chi connectivity index (χ2v) is 8.18. The number of carbonyl (C=O) groups excluding carboxylic acids is 3. The first kappa shape index (κ1) is 20.0. The van der Waals surface area contributed by atoms with E-state index in [0.29, 0.717) is 11.6 Å². The first-order valence-corrected chi connectivity index (χ1v) is 9.61. The molecule has 2 saturated heterocycles. The lowest BCUT2D eigenvalue weighted by Gasteiger charge is -2.27. The van der Waals surface area contributed by atoms with Crippen LogP contribution in [0.1, 0.15) is 48.4 Å². The van der Waals surface area contributed by atoms with Gasteiger partial charge in [-0.1, -0.05) is 26.0 Å². The van der Waals surface area contributed by atoms with Gasteiger partial charge in [0.1, 0.15) is 6.10 Å². The molecule has 3 aliphatic heterocycles. The van der Waals surface area contributed by atoms with Gasteiger partial charge in [0.25, 0.3) is 17.7 Å². The van der Waals surface area contributed by atoms with Crippen molar-refractivity contribution in [2.45, 2.75) is 58.1 Å². The molecule has 9 heteroatoms. The number of hydrogen-bond donors (Lipinski definition) is 1. The SMILES string of the molecule is CC(C)CNC(=O)[C@H]1O[C@@H]2OC(C)(C)O[C@@H]2[C@@H]1ON1C(=O)c2ccccc2C1=O. The largest absolute Gasteiger partial charge is 0.353 e. The number of carbonyl (C=O) groups is 3. The Bertz CT molecular complexity index is 818. The smallest absolute Gasteiger partial charge is 0.285 e. The topological polar surface area (TPSA) is 103 Å². The zero-order valence-corrected chi connectivity index (χ0v) is 16.7. The number of nitrogens with one attached hydrogen (secondary N) is 1. The summed E-state index contributed by atoms with van der Waals surface area (Å²) >= 11 is 0. The van der Waals surface area contributed by atoms with Crippen LogP contribution in [0, 0.1) is 5.92 Å². The number of hydrogen-bond acceptors (Lipinski definition) is 7. The molecule has 4 rings (SSSR count). The average Bonchev–Trinajstić information content (AvgIpc) is 3.22. The molecule has 1 N–H and O–H groups in total. The van der Waals surface area contributed by atoms with Crippen molar-refractivity contribution in [1.82, 2.24) is 10.4 Å². The molecule has 0 saturated carbocycles. The summed E-state index contributed by atoms with van der Waals surface area (Å²) in [6.45, 7) is 7.79. The van der Waals surface area contributed by atoms with Crippen molar-refractivity contribution in [1.29, 1.82) is 0 Å². The van der Waals surface area contributed by atoms with Crippen LogP contribution in [-0.2, 0) is 23.8 Å². The van der Waals surface area contributed by atoms with Crippen molar-refractivity contribution in [3.8, 4) is 0 Å². The van der Waals surface area contributed by atoms with Crippen LogP contribution in [0.15, 0.2) is 24.3 Å². The van der Waals surface area contributed by atoms with E-state index in [0.717, 1.165) is 0 Å². The number of benzene rings is 1. The molecular weight excluding hydrogens is 380 g/mol. The van der Waals surface area contributed by atoms with Crippen LogP contribution in [0.2, 0.25) is 0 Å². The Morgan fingerprint density at radius 3 is 2.38 bits per heavy atom. The van der Waals surface area contributed by atoms with Gasteiger partial charge in [-0.05, 0) is 31.9 Å². The van der Waals surface area contributed by atoms with Crippen LogP contribution in [0.5, 0.6) is 0 Å². The van der Waals surface area contributed by atoms with Gasteiger partial charge in [0.15, 0.2) is 24.3 Å². The molecular formula is C20H24N2O7. The van der Waals surface area contributed by atoms with E-state index in [9.17, 15) is 14.4 Å². The third-order valence-corrected chi connectivity index (χ3v) is 4.92. The highest BCUT2D eigenvalue weighted by Crippen LogP contribution is 2.40. The van der Waals surface area contributed by atoms with Gasteiger partial charge in [-0.15, -0.1) is 5.06 Å². The maximum absolute atomic E-state index is 12.7. The predicted octanol–water partition coefficient (Wildman–Crippen LogP) is 1.23. The van der Waals surface area contributed by atoms with Crippen molar-refractivity contribution in [3.63, 3.8) is 0 Å². The van der Waals surface area contributed by atoms with Gasteiger partial charge in [0.05, 0.1) is 11.1 Å². The summed E-state index contributed by atoms with van der Waals surface area (Å²) in [5, 5.41) is 3.46. The highest BCUT2D eigenvalue weighted by Gasteiger charge is 2.59. The Hall–Kier alpha value is -2.33. The van der Waals surface area contributed by atoms with Crippen molar-refractivity contribution in [2.75, 3.05) is 6.54 Å². The molecule has 4 atom stereocenters. The lowest BCUT2D eigenvalue weighted by molar-refractivity contribution is -0.234. The zero-order chi connectivity index (χ0) is 20.9. The number of fused-ring (bicyclic) bond motifs is 2. The number of amides is 3. The van der Waals surface area contributed by atoms with Gasteiger partial charge in [-0.3, -0.25) is 19.2 Å². The summed E-state index contributed by atoms with van der Waals surface area (Å²) in [6, 6.07) is 6.44. The third kappa shape index (κ3) is 3.55. The Kier molecular flexibility index (Phi) is 4.94. The molecule has 3 heterocycles. The maximum atomic E-state index is 12.7. The van der Waals surface area contributed by atoms with Gasteiger partial charge >= 0.3 is 0 Å². The van der Waals surface area contributed by atoms with Crippen molar-refractivity contribution >= 4 is 17.7 Å². The third-order valence-electron chi connectivity index (χ3n) is 4.92. The molecule has 1 aromatic rings. The fourth-order valence-corrected chi connectivity index (χ4v) is 3.60. The molecule has 29 heavy (non-hydrogen) atoms. The molecule has 0 spiro atoms. The van der Waals surface area contributed by atoms with Crippen LogP contribution in [0.25, 0.3) is 0 Å². The Morgan fingerprint density at radius 2 is 1.79 bits per heavy atom. The van der Waals surface area contributed by atoms with Gasteiger partial charge in [-0.25, -0.2) is 0 Å². The van der Waals surface area contributed by atoms with Crippen LogP contribution in [0.3, 0.4) is 0 Å². The van der Waals surface area contributed by atoms with Crippen molar-refractivity contribution in [3.05, 3.63) is 35.4 Å². The number of nitrogens with zero attached hydrogens (tertiary/aromatic N) is 1.